The van der Waals surface area contributed by atoms with Crippen molar-refractivity contribution >= 4 is 23.5 Å². The predicted octanol–water partition coefficient (Wildman–Crippen LogP) is 1.08. The number of anilines is 1. The number of carbonyl (C=O) groups is 1. The number of hydrogen-bond acceptors (Lipinski definition) is 7. The summed E-state index contributed by atoms with van der Waals surface area (Å²) in [5.74, 6) is 0.801. The standard InChI is InChI=1S/C10H15N3O3S/c1-2-15-8(14)7-16-10-9(11-17-12-10)13-5-3-4-6-13/h2-7H2,1H3. The molecule has 2 rings (SSSR count). The Morgan fingerprint density at radius 1 is 1.41 bits per heavy atom. The molecule has 0 aliphatic carbocycles. The molecule has 1 aromatic heterocycles. The van der Waals surface area contributed by atoms with Gasteiger partial charge in [-0.05, 0) is 19.8 Å². The Hall–Kier alpha value is -1.37. The molecule has 0 spiro atoms. The molecule has 0 saturated carbocycles. The second-order valence-corrected chi connectivity index (χ2v) is 4.21. The minimum Gasteiger partial charge on any atom is -0.463 e. The number of rotatable bonds is 5. The van der Waals surface area contributed by atoms with Gasteiger partial charge in [0.25, 0.3) is 5.88 Å². The quantitative estimate of drug-likeness (QED) is 0.735. The smallest absolute Gasteiger partial charge is 0.344 e. The summed E-state index contributed by atoms with van der Waals surface area (Å²) in [4.78, 5) is 13.3. The highest BCUT2D eigenvalue weighted by Gasteiger charge is 2.21. The number of aromatic nitrogens is 2. The average Bonchev–Trinajstić information content (AvgIpc) is 2.97. The third kappa shape index (κ3) is 3.06. The fourth-order valence-corrected chi connectivity index (χ4v) is 2.24. The van der Waals surface area contributed by atoms with E-state index >= 15 is 0 Å². The maximum absolute atomic E-state index is 11.2. The van der Waals surface area contributed by atoms with Gasteiger partial charge >= 0.3 is 5.97 Å². The molecule has 0 N–H and O–H groups in total. The summed E-state index contributed by atoms with van der Waals surface area (Å²) in [6.07, 6.45) is 2.32. The van der Waals surface area contributed by atoms with E-state index in [0.29, 0.717) is 12.5 Å². The van der Waals surface area contributed by atoms with Crippen LogP contribution in [-0.2, 0) is 9.53 Å². The van der Waals surface area contributed by atoms with Crippen LogP contribution in [0.2, 0.25) is 0 Å². The zero-order valence-corrected chi connectivity index (χ0v) is 10.5. The van der Waals surface area contributed by atoms with Crippen molar-refractivity contribution in [2.75, 3.05) is 31.2 Å². The molecule has 0 amide bonds. The molecule has 1 aliphatic rings. The molecule has 0 bridgehead atoms. The van der Waals surface area contributed by atoms with Crippen molar-refractivity contribution in [3.63, 3.8) is 0 Å². The molecule has 1 aromatic rings. The molecule has 6 nitrogen and oxygen atoms in total. The Labute approximate surface area is 104 Å². The number of esters is 1. The summed E-state index contributed by atoms with van der Waals surface area (Å²) in [5, 5.41) is 0. The average molecular weight is 257 g/mol. The first kappa shape index (κ1) is 12.1. The highest BCUT2D eigenvalue weighted by molar-refractivity contribution is 6.99. The molecule has 0 unspecified atom stereocenters. The zero-order valence-electron chi connectivity index (χ0n) is 9.72. The van der Waals surface area contributed by atoms with Gasteiger partial charge < -0.3 is 14.4 Å². The first-order chi connectivity index (χ1) is 8.31. The van der Waals surface area contributed by atoms with Gasteiger partial charge in [0.1, 0.15) is 0 Å². The summed E-state index contributed by atoms with van der Waals surface area (Å²) in [7, 11) is 0. The summed E-state index contributed by atoms with van der Waals surface area (Å²) in [5.41, 5.74) is 0. The lowest BCUT2D eigenvalue weighted by molar-refractivity contribution is -0.145. The molecule has 94 valence electrons. The van der Waals surface area contributed by atoms with Gasteiger partial charge in [0.2, 0.25) is 5.82 Å². The summed E-state index contributed by atoms with van der Waals surface area (Å²) < 4.78 is 18.4. The van der Waals surface area contributed by atoms with Crippen molar-refractivity contribution in [2.45, 2.75) is 19.8 Å². The van der Waals surface area contributed by atoms with E-state index in [9.17, 15) is 4.79 Å². The Balaban J connectivity index is 1.92. The van der Waals surface area contributed by atoms with Crippen LogP contribution in [0.5, 0.6) is 5.88 Å². The summed E-state index contributed by atoms with van der Waals surface area (Å²) >= 11 is 1.10. The van der Waals surface area contributed by atoms with Crippen LogP contribution in [0.15, 0.2) is 0 Å². The lowest BCUT2D eigenvalue weighted by atomic mass is 10.4. The Morgan fingerprint density at radius 3 is 2.88 bits per heavy atom. The zero-order chi connectivity index (χ0) is 12.1. The summed E-state index contributed by atoms with van der Waals surface area (Å²) in [6.45, 7) is 3.96. The largest absolute Gasteiger partial charge is 0.463 e. The highest BCUT2D eigenvalue weighted by Crippen LogP contribution is 2.28. The van der Waals surface area contributed by atoms with E-state index in [-0.39, 0.29) is 12.6 Å². The van der Waals surface area contributed by atoms with Gasteiger partial charge in [-0.15, -0.1) is 4.37 Å². The SMILES string of the molecule is CCOC(=O)COc1nsnc1N1CCCC1. The normalized spacial score (nSPS) is 15.0. The molecular weight excluding hydrogens is 242 g/mol. The van der Waals surface area contributed by atoms with Crippen LogP contribution >= 0.6 is 11.7 Å². The first-order valence-corrected chi connectivity index (χ1v) is 6.40. The number of carbonyl (C=O) groups excluding carboxylic acids is 1. The Bertz CT molecular complexity index is 377. The van der Waals surface area contributed by atoms with Crippen molar-refractivity contribution in [3.8, 4) is 5.88 Å². The van der Waals surface area contributed by atoms with E-state index in [1.165, 1.54) is 0 Å². The predicted molar refractivity (Wildman–Crippen MR) is 63.5 cm³/mol. The molecule has 1 fully saturated rings. The van der Waals surface area contributed by atoms with Gasteiger partial charge in [-0.3, -0.25) is 0 Å². The van der Waals surface area contributed by atoms with Gasteiger partial charge in [-0.1, -0.05) is 0 Å². The lowest BCUT2D eigenvalue weighted by Crippen LogP contribution is -2.20. The molecule has 0 aromatic carbocycles. The van der Waals surface area contributed by atoms with Crippen LogP contribution in [0.4, 0.5) is 5.82 Å². The third-order valence-corrected chi connectivity index (χ3v) is 2.98. The van der Waals surface area contributed by atoms with Crippen LogP contribution in [0, 0.1) is 0 Å². The van der Waals surface area contributed by atoms with E-state index in [2.05, 4.69) is 13.6 Å². The minimum atomic E-state index is -0.382. The molecule has 17 heavy (non-hydrogen) atoms. The molecule has 1 saturated heterocycles. The van der Waals surface area contributed by atoms with Crippen molar-refractivity contribution in [1.82, 2.24) is 8.75 Å². The summed E-state index contributed by atoms with van der Waals surface area (Å²) in [6, 6.07) is 0. The van der Waals surface area contributed by atoms with Crippen molar-refractivity contribution in [2.24, 2.45) is 0 Å². The number of hydrogen-bond donors (Lipinski definition) is 0. The van der Waals surface area contributed by atoms with Crippen LogP contribution in [-0.4, -0.2) is 41.0 Å². The third-order valence-electron chi connectivity index (χ3n) is 2.48. The van der Waals surface area contributed by atoms with E-state index in [1.54, 1.807) is 6.92 Å². The fraction of sp³-hybridized carbons (Fsp3) is 0.700. The van der Waals surface area contributed by atoms with E-state index < -0.39 is 0 Å². The molecule has 0 atom stereocenters. The maximum Gasteiger partial charge on any atom is 0.344 e. The van der Waals surface area contributed by atoms with E-state index in [1.807, 2.05) is 0 Å². The monoisotopic (exact) mass is 257 g/mol. The number of nitrogens with zero attached hydrogens (tertiary/aromatic N) is 3. The van der Waals surface area contributed by atoms with Gasteiger partial charge in [-0.2, -0.15) is 4.37 Å². The van der Waals surface area contributed by atoms with E-state index in [0.717, 1.165) is 43.5 Å². The fourth-order valence-electron chi connectivity index (χ4n) is 1.72. The number of ether oxygens (including phenoxy) is 2. The molecular formula is C10H15N3O3S. The Kier molecular flexibility index (Phi) is 4.13. The minimum absolute atomic E-state index is 0.111. The topological polar surface area (TPSA) is 64.5 Å². The van der Waals surface area contributed by atoms with Gasteiger partial charge in [-0.25, -0.2) is 4.79 Å². The van der Waals surface area contributed by atoms with Crippen LogP contribution in [0.3, 0.4) is 0 Å². The molecule has 0 radical (unpaired) electrons. The molecule has 2 heterocycles. The van der Waals surface area contributed by atoms with Gasteiger partial charge in [0.15, 0.2) is 6.61 Å². The van der Waals surface area contributed by atoms with Crippen molar-refractivity contribution in [1.29, 1.82) is 0 Å². The second kappa shape index (κ2) is 5.81. The molecule has 1 aliphatic heterocycles. The second-order valence-electron chi connectivity index (χ2n) is 3.68. The first-order valence-electron chi connectivity index (χ1n) is 5.67. The Morgan fingerprint density at radius 2 is 2.18 bits per heavy atom. The van der Waals surface area contributed by atoms with Crippen LogP contribution < -0.4 is 9.64 Å². The highest BCUT2D eigenvalue weighted by atomic mass is 32.1. The van der Waals surface area contributed by atoms with Crippen molar-refractivity contribution in [3.05, 3.63) is 0 Å². The van der Waals surface area contributed by atoms with Crippen LogP contribution in [0.1, 0.15) is 19.8 Å². The van der Waals surface area contributed by atoms with Crippen molar-refractivity contribution < 1.29 is 14.3 Å². The van der Waals surface area contributed by atoms with Gasteiger partial charge in [0.05, 0.1) is 18.3 Å². The van der Waals surface area contributed by atoms with Crippen LogP contribution in [0.25, 0.3) is 0 Å². The van der Waals surface area contributed by atoms with E-state index in [4.69, 9.17) is 9.47 Å². The maximum atomic E-state index is 11.2. The molecule has 7 heteroatoms. The van der Waals surface area contributed by atoms with Gasteiger partial charge in [0, 0.05) is 13.1 Å². The lowest BCUT2D eigenvalue weighted by Gasteiger charge is -2.14.